The third kappa shape index (κ3) is 4.34. The lowest BCUT2D eigenvalue weighted by Crippen LogP contribution is -2.48. The molecule has 0 aliphatic heterocycles. The molecule has 2 nitrogen and oxygen atoms in total. The van der Waals surface area contributed by atoms with Gasteiger partial charge in [-0.15, -0.1) is 0 Å². The molecule has 0 aromatic rings. The van der Waals surface area contributed by atoms with Gasteiger partial charge in [-0.3, -0.25) is 4.21 Å². The van der Waals surface area contributed by atoms with Gasteiger partial charge in [-0.2, -0.15) is 0 Å². The molecule has 1 aliphatic rings. The Bertz CT molecular complexity index is 272. The second-order valence-corrected chi connectivity index (χ2v) is 8.59. The van der Waals surface area contributed by atoms with Crippen LogP contribution in [0.15, 0.2) is 0 Å². The smallest absolute Gasteiger partial charge is 0.0503 e. The van der Waals surface area contributed by atoms with Crippen LogP contribution < -0.4 is 5.32 Å². The summed E-state index contributed by atoms with van der Waals surface area (Å²) in [6, 6.07) is 0.476. The van der Waals surface area contributed by atoms with E-state index in [1.807, 2.05) is 6.92 Å². The van der Waals surface area contributed by atoms with Gasteiger partial charge in [0.2, 0.25) is 0 Å². The summed E-state index contributed by atoms with van der Waals surface area (Å²) in [6.07, 6.45) is 4.76. The van der Waals surface area contributed by atoms with Crippen molar-refractivity contribution in [1.82, 2.24) is 5.32 Å². The number of hydrogen-bond acceptors (Lipinski definition) is 2. The van der Waals surface area contributed by atoms with Crippen molar-refractivity contribution in [2.45, 2.75) is 71.6 Å². The molecule has 1 aliphatic carbocycles. The lowest BCUT2D eigenvalue weighted by molar-refractivity contribution is 0.163. The van der Waals surface area contributed by atoms with Crippen LogP contribution in [0.25, 0.3) is 0 Å². The Balaban J connectivity index is 2.70. The maximum Gasteiger partial charge on any atom is 0.0503 e. The first kappa shape index (κ1) is 16.2. The molecule has 0 spiro atoms. The molecule has 108 valence electrons. The van der Waals surface area contributed by atoms with Crippen molar-refractivity contribution in [3.05, 3.63) is 0 Å². The van der Waals surface area contributed by atoms with Crippen LogP contribution in [0.2, 0.25) is 0 Å². The molecule has 18 heavy (non-hydrogen) atoms. The van der Waals surface area contributed by atoms with Gasteiger partial charge in [-0.05, 0) is 43.6 Å². The molecule has 0 heterocycles. The Morgan fingerprint density at radius 3 is 2.39 bits per heavy atom. The van der Waals surface area contributed by atoms with Crippen molar-refractivity contribution in [3.63, 3.8) is 0 Å². The van der Waals surface area contributed by atoms with Gasteiger partial charge in [0.1, 0.15) is 0 Å². The van der Waals surface area contributed by atoms with Gasteiger partial charge >= 0.3 is 0 Å². The van der Waals surface area contributed by atoms with Crippen molar-refractivity contribution in [2.75, 3.05) is 12.3 Å². The molecule has 4 unspecified atom stereocenters. The molecule has 0 aromatic heterocycles. The standard InChI is InChI=1S/C15H31NOS/c1-6-10-16-13-9-8-12(15(3,4)5)11-14(13)18(17)7-2/h12-14,16H,6-11H2,1-5H3. The van der Waals surface area contributed by atoms with Crippen LogP contribution in [-0.4, -0.2) is 27.8 Å². The fraction of sp³-hybridized carbons (Fsp3) is 1.00. The van der Waals surface area contributed by atoms with Gasteiger partial charge in [0, 0.05) is 22.6 Å². The second-order valence-electron chi connectivity index (χ2n) is 6.64. The molecule has 1 rings (SSSR count). The first-order valence-corrected chi connectivity index (χ1v) is 8.88. The van der Waals surface area contributed by atoms with Crippen molar-refractivity contribution in [2.24, 2.45) is 11.3 Å². The molecule has 0 aromatic carbocycles. The number of rotatable bonds is 5. The van der Waals surface area contributed by atoms with Crippen molar-refractivity contribution < 1.29 is 4.21 Å². The zero-order chi connectivity index (χ0) is 13.8. The fourth-order valence-corrected chi connectivity index (χ4v) is 4.46. The summed E-state index contributed by atoms with van der Waals surface area (Å²) in [4.78, 5) is 0. The molecular formula is C15H31NOS. The highest BCUT2D eigenvalue weighted by atomic mass is 32.2. The van der Waals surface area contributed by atoms with Crippen molar-refractivity contribution in [3.8, 4) is 0 Å². The van der Waals surface area contributed by atoms with E-state index in [2.05, 4.69) is 33.0 Å². The molecule has 3 heteroatoms. The topological polar surface area (TPSA) is 29.1 Å². The highest BCUT2D eigenvalue weighted by Gasteiger charge is 2.37. The Labute approximate surface area is 116 Å². The van der Waals surface area contributed by atoms with E-state index >= 15 is 0 Å². The highest BCUT2D eigenvalue weighted by molar-refractivity contribution is 7.85. The second kappa shape index (κ2) is 7.04. The minimum atomic E-state index is -0.665. The molecular weight excluding hydrogens is 242 g/mol. The third-order valence-electron chi connectivity index (χ3n) is 4.30. The molecule has 0 amide bonds. The van der Waals surface area contributed by atoms with Crippen LogP contribution >= 0.6 is 0 Å². The average Bonchev–Trinajstić information content (AvgIpc) is 2.34. The molecule has 0 radical (unpaired) electrons. The highest BCUT2D eigenvalue weighted by Crippen LogP contribution is 2.39. The molecule has 1 N–H and O–H groups in total. The Hall–Kier alpha value is 0.110. The zero-order valence-corrected chi connectivity index (χ0v) is 13.6. The maximum absolute atomic E-state index is 12.3. The molecule has 0 bridgehead atoms. The summed E-state index contributed by atoms with van der Waals surface area (Å²) in [6.45, 7) is 12.3. The quantitative estimate of drug-likeness (QED) is 0.832. The van der Waals surface area contributed by atoms with E-state index in [4.69, 9.17) is 0 Å². The molecule has 0 saturated heterocycles. The van der Waals surface area contributed by atoms with Crippen LogP contribution in [0.4, 0.5) is 0 Å². The lowest BCUT2D eigenvalue weighted by atomic mass is 9.71. The van der Waals surface area contributed by atoms with E-state index in [9.17, 15) is 4.21 Å². The largest absolute Gasteiger partial charge is 0.313 e. The van der Waals surface area contributed by atoms with Crippen molar-refractivity contribution in [1.29, 1.82) is 0 Å². The summed E-state index contributed by atoms with van der Waals surface area (Å²) < 4.78 is 12.3. The van der Waals surface area contributed by atoms with E-state index in [1.165, 1.54) is 12.8 Å². The van der Waals surface area contributed by atoms with E-state index in [0.717, 1.165) is 31.1 Å². The van der Waals surface area contributed by atoms with Crippen molar-refractivity contribution >= 4 is 10.8 Å². The Kier molecular flexibility index (Phi) is 6.32. The van der Waals surface area contributed by atoms with Crippen LogP contribution in [0.5, 0.6) is 0 Å². The van der Waals surface area contributed by atoms with Crippen LogP contribution in [0.3, 0.4) is 0 Å². The predicted molar refractivity (Wildman–Crippen MR) is 81.3 cm³/mol. The van der Waals surface area contributed by atoms with Crippen LogP contribution in [0, 0.1) is 11.3 Å². The van der Waals surface area contributed by atoms with Crippen LogP contribution in [0.1, 0.15) is 60.3 Å². The molecule has 1 saturated carbocycles. The maximum atomic E-state index is 12.3. The Morgan fingerprint density at radius 2 is 1.89 bits per heavy atom. The summed E-state index contributed by atoms with van der Waals surface area (Å²) >= 11 is 0. The first-order valence-electron chi connectivity index (χ1n) is 7.50. The number of nitrogens with one attached hydrogen (secondary N) is 1. The van der Waals surface area contributed by atoms with Crippen LogP contribution in [-0.2, 0) is 10.8 Å². The normalized spacial score (nSPS) is 31.3. The van der Waals surface area contributed by atoms with Gasteiger partial charge in [0.05, 0.1) is 5.25 Å². The van der Waals surface area contributed by atoms with E-state index < -0.39 is 10.8 Å². The minimum absolute atomic E-state index is 0.353. The van der Waals surface area contributed by atoms with E-state index in [1.54, 1.807) is 0 Å². The fourth-order valence-electron chi connectivity index (χ4n) is 2.98. The minimum Gasteiger partial charge on any atom is -0.313 e. The summed E-state index contributed by atoms with van der Waals surface area (Å²) in [5.41, 5.74) is 0.353. The zero-order valence-electron chi connectivity index (χ0n) is 12.8. The van der Waals surface area contributed by atoms with E-state index in [0.29, 0.717) is 16.7 Å². The van der Waals surface area contributed by atoms with Gasteiger partial charge in [0.25, 0.3) is 0 Å². The third-order valence-corrected chi connectivity index (χ3v) is 6.06. The number of hydrogen-bond donors (Lipinski definition) is 1. The average molecular weight is 273 g/mol. The predicted octanol–water partition coefficient (Wildman–Crippen LogP) is 3.34. The Morgan fingerprint density at radius 1 is 1.22 bits per heavy atom. The van der Waals surface area contributed by atoms with E-state index in [-0.39, 0.29) is 0 Å². The SMILES string of the molecule is CCCNC1CCC(C(C)(C)C)CC1S(=O)CC. The summed E-state index contributed by atoms with van der Waals surface area (Å²) in [5.74, 6) is 1.52. The summed E-state index contributed by atoms with van der Waals surface area (Å²) in [5, 5.41) is 3.98. The van der Waals surface area contributed by atoms with Gasteiger partial charge in [0.15, 0.2) is 0 Å². The molecule has 1 fully saturated rings. The molecule has 4 atom stereocenters. The van der Waals surface area contributed by atoms with Gasteiger partial charge in [-0.25, -0.2) is 0 Å². The first-order chi connectivity index (χ1) is 8.40. The monoisotopic (exact) mass is 273 g/mol. The lowest BCUT2D eigenvalue weighted by Gasteiger charge is -2.41. The summed E-state index contributed by atoms with van der Waals surface area (Å²) in [7, 11) is -0.665. The van der Waals surface area contributed by atoms with Gasteiger partial charge in [-0.1, -0.05) is 34.6 Å². The van der Waals surface area contributed by atoms with Gasteiger partial charge < -0.3 is 5.32 Å².